The van der Waals surface area contributed by atoms with Gasteiger partial charge in [0.1, 0.15) is 5.75 Å². The van der Waals surface area contributed by atoms with Crippen LogP contribution in [0.2, 0.25) is 5.02 Å². The molecular weight excluding hydrogens is 454 g/mol. The van der Waals surface area contributed by atoms with Gasteiger partial charge in [0.05, 0.1) is 28.6 Å². The Balaban J connectivity index is 1.60. The summed E-state index contributed by atoms with van der Waals surface area (Å²) in [5.74, 6) is 1.49. The van der Waals surface area contributed by atoms with Crippen molar-refractivity contribution in [2.45, 2.75) is 23.4 Å². The summed E-state index contributed by atoms with van der Waals surface area (Å²) in [5.41, 5.74) is 2.01. The van der Waals surface area contributed by atoms with Crippen LogP contribution < -0.4 is 15.6 Å². The van der Waals surface area contributed by atoms with Gasteiger partial charge in [-0.05, 0) is 49.4 Å². The fraction of sp³-hybridized carbons (Fsp3) is 0.227. The first kappa shape index (κ1) is 21.8. The average Bonchev–Trinajstić information content (AvgIpc) is 3.22. The molecule has 1 aliphatic rings. The number of aromatic nitrogens is 2. The number of anilines is 1. The minimum absolute atomic E-state index is 0.102. The number of carbonyl (C=O) groups is 1. The molecular formula is C22H20ClN3O3S2. The minimum atomic E-state index is -0.199. The minimum Gasteiger partial charge on any atom is -0.494 e. The van der Waals surface area contributed by atoms with Gasteiger partial charge in [0.2, 0.25) is 5.91 Å². The summed E-state index contributed by atoms with van der Waals surface area (Å²) >= 11 is 8.74. The number of aryl methyl sites for hydroxylation is 1. The molecule has 1 aliphatic heterocycles. The zero-order valence-corrected chi connectivity index (χ0v) is 19.1. The standard InChI is InChI=1S/C22H20ClN3O3S2/c1-2-29-17-8-6-16(7-9-17)26-21(28)20-18(10-11-30-20)25-22(26)31-13-19(27)24-15-5-3-4-14(23)12-15/h3-9,12H,2,10-11,13H2,1H3,(H,24,27). The van der Waals surface area contributed by atoms with Crippen molar-refractivity contribution in [2.24, 2.45) is 0 Å². The number of hydrogen-bond acceptors (Lipinski definition) is 6. The number of nitrogens with zero attached hydrogens (tertiary/aromatic N) is 2. The second-order valence-corrected chi connectivity index (χ2v) is 9.17. The van der Waals surface area contributed by atoms with E-state index in [-0.39, 0.29) is 17.2 Å². The van der Waals surface area contributed by atoms with E-state index >= 15 is 0 Å². The molecule has 1 amide bonds. The highest BCUT2D eigenvalue weighted by Crippen LogP contribution is 2.30. The highest BCUT2D eigenvalue weighted by atomic mass is 35.5. The molecule has 0 saturated heterocycles. The lowest BCUT2D eigenvalue weighted by Gasteiger charge is -2.14. The van der Waals surface area contributed by atoms with Crippen LogP contribution in [0.1, 0.15) is 12.6 Å². The van der Waals surface area contributed by atoms with Crippen LogP contribution in [0.5, 0.6) is 5.75 Å². The number of amides is 1. The molecule has 9 heteroatoms. The normalized spacial score (nSPS) is 12.5. The molecule has 0 radical (unpaired) electrons. The number of fused-ring (bicyclic) bond motifs is 1. The molecule has 4 rings (SSSR count). The van der Waals surface area contributed by atoms with Crippen molar-refractivity contribution in [1.82, 2.24) is 9.55 Å². The van der Waals surface area contributed by atoms with E-state index in [0.717, 1.165) is 23.6 Å². The Bertz CT molecular complexity index is 1170. The van der Waals surface area contributed by atoms with Crippen LogP contribution in [-0.2, 0) is 11.2 Å². The van der Waals surface area contributed by atoms with Crippen LogP contribution in [0.4, 0.5) is 5.69 Å². The summed E-state index contributed by atoms with van der Waals surface area (Å²) in [6.07, 6.45) is 0.752. The molecule has 6 nitrogen and oxygen atoms in total. The fourth-order valence-corrected chi connectivity index (χ4v) is 5.21. The first-order valence-corrected chi connectivity index (χ1v) is 12.1. The van der Waals surface area contributed by atoms with Crippen molar-refractivity contribution < 1.29 is 9.53 Å². The highest BCUT2D eigenvalue weighted by Gasteiger charge is 2.23. The lowest BCUT2D eigenvalue weighted by atomic mass is 10.3. The van der Waals surface area contributed by atoms with Gasteiger partial charge in [-0.3, -0.25) is 14.2 Å². The third kappa shape index (κ3) is 5.08. The lowest BCUT2D eigenvalue weighted by Crippen LogP contribution is -2.24. The molecule has 160 valence electrons. The largest absolute Gasteiger partial charge is 0.494 e. The maximum atomic E-state index is 13.2. The number of carbonyl (C=O) groups excluding carboxylic acids is 1. The SMILES string of the molecule is CCOc1ccc(-n2c(SCC(=O)Nc3cccc(Cl)c3)nc3c(c2=O)SCC3)cc1. The molecule has 1 N–H and O–H groups in total. The maximum Gasteiger partial charge on any atom is 0.272 e. The van der Waals surface area contributed by atoms with Crippen LogP contribution in [0.15, 0.2) is 63.4 Å². The molecule has 0 unspecified atom stereocenters. The van der Waals surface area contributed by atoms with Crippen molar-refractivity contribution in [2.75, 3.05) is 23.4 Å². The Morgan fingerprint density at radius 2 is 2.10 bits per heavy atom. The van der Waals surface area contributed by atoms with E-state index in [2.05, 4.69) is 5.32 Å². The Morgan fingerprint density at radius 1 is 1.29 bits per heavy atom. The van der Waals surface area contributed by atoms with Crippen LogP contribution in [0, 0.1) is 0 Å². The second-order valence-electron chi connectivity index (χ2n) is 6.68. The molecule has 2 heterocycles. The van der Waals surface area contributed by atoms with E-state index in [1.807, 2.05) is 31.2 Å². The zero-order chi connectivity index (χ0) is 21.8. The molecule has 0 aliphatic carbocycles. The van der Waals surface area contributed by atoms with E-state index in [4.69, 9.17) is 21.3 Å². The van der Waals surface area contributed by atoms with E-state index in [1.165, 1.54) is 23.5 Å². The average molecular weight is 474 g/mol. The quantitative estimate of drug-likeness (QED) is 0.397. The molecule has 0 bridgehead atoms. The van der Waals surface area contributed by atoms with Gasteiger partial charge >= 0.3 is 0 Å². The molecule has 3 aromatic rings. The van der Waals surface area contributed by atoms with Crippen LogP contribution >= 0.6 is 35.1 Å². The van der Waals surface area contributed by atoms with Gasteiger partial charge in [-0.25, -0.2) is 4.98 Å². The van der Waals surface area contributed by atoms with Gasteiger partial charge < -0.3 is 10.1 Å². The molecule has 0 fully saturated rings. The number of nitrogens with one attached hydrogen (secondary N) is 1. The van der Waals surface area contributed by atoms with E-state index < -0.39 is 0 Å². The molecule has 0 spiro atoms. The summed E-state index contributed by atoms with van der Waals surface area (Å²) in [4.78, 5) is 31.1. The number of benzene rings is 2. The van der Waals surface area contributed by atoms with Gasteiger partial charge in [-0.1, -0.05) is 29.4 Å². The third-order valence-corrected chi connectivity index (χ3v) is 6.79. The van der Waals surface area contributed by atoms with E-state index in [9.17, 15) is 9.59 Å². The Kier molecular flexibility index (Phi) is 6.89. The molecule has 0 atom stereocenters. The lowest BCUT2D eigenvalue weighted by molar-refractivity contribution is -0.113. The van der Waals surface area contributed by atoms with Gasteiger partial charge in [0.15, 0.2) is 5.16 Å². The molecule has 1 aromatic heterocycles. The van der Waals surface area contributed by atoms with Crippen molar-refractivity contribution in [3.8, 4) is 11.4 Å². The van der Waals surface area contributed by atoms with Crippen LogP contribution in [0.3, 0.4) is 0 Å². The van der Waals surface area contributed by atoms with Crippen LogP contribution in [-0.4, -0.2) is 33.6 Å². The summed E-state index contributed by atoms with van der Waals surface area (Å²) in [6, 6.07) is 14.3. The van der Waals surface area contributed by atoms with Crippen LogP contribution in [0.25, 0.3) is 5.69 Å². The number of rotatable bonds is 7. The summed E-state index contributed by atoms with van der Waals surface area (Å²) in [5, 5.41) is 3.87. The van der Waals surface area contributed by atoms with Gasteiger partial charge in [0.25, 0.3) is 5.56 Å². The number of hydrogen-bond donors (Lipinski definition) is 1. The predicted molar refractivity (Wildman–Crippen MR) is 126 cm³/mol. The highest BCUT2D eigenvalue weighted by molar-refractivity contribution is 8.00. The number of halogens is 1. The van der Waals surface area contributed by atoms with Crippen molar-refractivity contribution in [3.05, 3.63) is 69.6 Å². The third-order valence-electron chi connectivity index (χ3n) is 4.51. The zero-order valence-electron chi connectivity index (χ0n) is 16.8. The second kappa shape index (κ2) is 9.80. The summed E-state index contributed by atoms with van der Waals surface area (Å²) in [7, 11) is 0. The van der Waals surface area contributed by atoms with E-state index in [0.29, 0.717) is 33.1 Å². The van der Waals surface area contributed by atoms with Crippen molar-refractivity contribution in [1.29, 1.82) is 0 Å². The van der Waals surface area contributed by atoms with Crippen molar-refractivity contribution in [3.63, 3.8) is 0 Å². The van der Waals surface area contributed by atoms with Gasteiger partial charge in [-0.2, -0.15) is 0 Å². The summed E-state index contributed by atoms with van der Waals surface area (Å²) < 4.78 is 7.07. The summed E-state index contributed by atoms with van der Waals surface area (Å²) in [6.45, 7) is 2.49. The maximum absolute atomic E-state index is 13.2. The topological polar surface area (TPSA) is 73.2 Å². The fourth-order valence-electron chi connectivity index (χ4n) is 3.17. The first-order chi connectivity index (χ1) is 15.0. The van der Waals surface area contributed by atoms with Gasteiger partial charge in [0, 0.05) is 22.9 Å². The molecule has 2 aromatic carbocycles. The monoisotopic (exact) mass is 473 g/mol. The van der Waals surface area contributed by atoms with Gasteiger partial charge in [-0.15, -0.1) is 11.8 Å². The van der Waals surface area contributed by atoms with E-state index in [1.54, 1.807) is 28.8 Å². The Hall–Kier alpha value is -2.42. The Labute approximate surface area is 193 Å². The first-order valence-electron chi connectivity index (χ1n) is 9.75. The predicted octanol–water partition coefficient (Wildman–Crippen LogP) is 4.66. The molecule has 0 saturated carbocycles. The molecule has 31 heavy (non-hydrogen) atoms. The number of ether oxygens (including phenoxy) is 1. The Morgan fingerprint density at radius 3 is 2.84 bits per heavy atom. The number of thioether (sulfide) groups is 2. The van der Waals surface area contributed by atoms with Crippen molar-refractivity contribution >= 4 is 46.7 Å². The smallest absolute Gasteiger partial charge is 0.272 e.